The minimum atomic E-state index is -0.306. The van der Waals surface area contributed by atoms with Gasteiger partial charge in [0.25, 0.3) is 0 Å². The average Bonchev–Trinajstić information content (AvgIpc) is 3.04. The molecule has 3 rings (SSSR count). The summed E-state index contributed by atoms with van der Waals surface area (Å²) < 4.78 is 0. The summed E-state index contributed by atoms with van der Waals surface area (Å²) in [6.07, 6.45) is 0.253. The molecule has 2 saturated heterocycles. The van der Waals surface area contributed by atoms with E-state index in [0.717, 1.165) is 11.3 Å². The highest BCUT2D eigenvalue weighted by molar-refractivity contribution is 6.00. The van der Waals surface area contributed by atoms with Crippen molar-refractivity contribution in [2.75, 3.05) is 44.2 Å². The number of hydrogen-bond donors (Lipinski definition) is 1. The van der Waals surface area contributed by atoms with Crippen molar-refractivity contribution in [3.05, 3.63) is 29.8 Å². The molecular weight excluding hydrogens is 332 g/mol. The van der Waals surface area contributed by atoms with Gasteiger partial charge in [0.2, 0.25) is 11.8 Å². The first-order valence-corrected chi connectivity index (χ1v) is 9.18. The summed E-state index contributed by atoms with van der Waals surface area (Å²) in [7, 11) is 0. The number of benzene rings is 1. The quantitative estimate of drug-likeness (QED) is 0.883. The van der Waals surface area contributed by atoms with E-state index >= 15 is 0 Å². The molecule has 7 heteroatoms. The molecule has 1 N–H and O–H groups in total. The Morgan fingerprint density at radius 1 is 1.08 bits per heavy atom. The fraction of sp³-hybridized carbons (Fsp3) is 0.526. The predicted molar refractivity (Wildman–Crippen MR) is 98.9 cm³/mol. The molecule has 0 radical (unpaired) electrons. The largest absolute Gasteiger partial charge is 0.339 e. The Balaban J connectivity index is 1.57. The van der Waals surface area contributed by atoms with E-state index in [4.69, 9.17) is 0 Å². The third-order valence-corrected chi connectivity index (χ3v) is 5.03. The van der Waals surface area contributed by atoms with Crippen LogP contribution >= 0.6 is 0 Å². The molecule has 7 nitrogen and oxygen atoms in total. The molecule has 0 aliphatic carbocycles. The van der Waals surface area contributed by atoms with Gasteiger partial charge in [-0.2, -0.15) is 0 Å². The second kappa shape index (κ2) is 7.76. The van der Waals surface area contributed by atoms with Gasteiger partial charge < -0.3 is 20.0 Å². The molecule has 2 fully saturated rings. The fourth-order valence-corrected chi connectivity index (χ4v) is 3.50. The maximum atomic E-state index is 12.8. The maximum Gasteiger partial charge on any atom is 0.317 e. The molecule has 4 amide bonds. The number of aryl methyl sites for hydroxylation is 1. The summed E-state index contributed by atoms with van der Waals surface area (Å²) in [4.78, 5) is 42.2. The summed E-state index contributed by atoms with van der Waals surface area (Å²) in [5.74, 6) is -0.295. The van der Waals surface area contributed by atoms with E-state index in [0.29, 0.717) is 39.3 Å². The third kappa shape index (κ3) is 3.81. The monoisotopic (exact) mass is 358 g/mol. The normalized spacial score (nSPS) is 20.5. The van der Waals surface area contributed by atoms with Crippen LogP contribution in [0.1, 0.15) is 18.9 Å². The third-order valence-electron chi connectivity index (χ3n) is 5.03. The molecular formula is C19H26N4O3. The standard InChI is InChI=1S/C19H26N4O3/c1-3-20-19(26)22-10-8-21(9-11-22)18(25)15-12-17(24)23(13-15)16-6-4-14(2)5-7-16/h4-7,15H,3,8-13H2,1-2H3,(H,20,26). The van der Waals surface area contributed by atoms with Crippen molar-refractivity contribution in [3.8, 4) is 0 Å². The number of nitrogens with one attached hydrogen (secondary N) is 1. The van der Waals surface area contributed by atoms with E-state index in [1.165, 1.54) is 0 Å². The Kier molecular flexibility index (Phi) is 5.44. The highest BCUT2D eigenvalue weighted by Gasteiger charge is 2.38. The highest BCUT2D eigenvalue weighted by atomic mass is 16.2. The smallest absolute Gasteiger partial charge is 0.317 e. The summed E-state index contributed by atoms with van der Waals surface area (Å²) in [5.41, 5.74) is 1.98. The number of piperazine rings is 1. The minimum Gasteiger partial charge on any atom is -0.339 e. The van der Waals surface area contributed by atoms with Crippen LogP contribution in [0.2, 0.25) is 0 Å². The van der Waals surface area contributed by atoms with Crippen molar-refractivity contribution >= 4 is 23.5 Å². The number of carbonyl (C=O) groups is 3. The van der Waals surface area contributed by atoms with Gasteiger partial charge in [-0.05, 0) is 26.0 Å². The number of urea groups is 1. The number of rotatable bonds is 3. The van der Waals surface area contributed by atoms with E-state index in [2.05, 4.69) is 5.32 Å². The molecule has 0 spiro atoms. The van der Waals surface area contributed by atoms with Gasteiger partial charge in [-0.3, -0.25) is 9.59 Å². The summed E-state index contributed by atoms with van der Waals surface area (Å²) in [6, 6.07) is 7.70. The molecule has 26 heavy (non-hydrogen) atoms. The summed E-state index contributed by atoms with van der Waals surface area (Å²) in [6.45, 7) is 7.00. The van der Waals surface area contributed by atoms with Crippen LogP contribution in [0.25, 0.3) is 0 Å². The summed E-state index contributed by atoms with van der Waals surface area (Å²) in [5, 5.41) is 2.78. The molecule has 1 aromatic rings. The van der Waals surface area contributed by atoms with Crippen molar-refractivity contribution in [2.24, 2.45) is 5.92 Å². The Morgan fingerprint density at radius 3 is 2.31 bits per heavy atom. The molecule has 2 heterocycles. The first-order valence-electron chi connectivity index (χ1n) is 9.18. The molecule has 140 valence electrons. The second-order valence-corrected chi connectivity index (χ2v) is 6.89. The van der Waals surface area contributed by atoms with Crippen molar-refractivity contribution in [1.82, 2.24) is 15.1 Å². The van der Waals surface area contributed by atoms with Crippen LogP contribution in [0.4, 0.5) is 10.5 Å². The number of anilines is 1. The van der Waals surface area contributed by atoms with Crippen LogP contribution in [-0.2, 0) is 9.59 Å². The number of nitrogens with zero attached hydrogens (tertiary/aromatic N) is 3. The van der Waals surface area contributed by atoms with Crippen molar-refractivity contribution in [3.63, 3.8) is 0 Å². The van der Waals surface area contributed by atoms with E-state index in [-0.39, 0.29) is 30.2 Å². The van der Waals surface area contributed by atoms with Crippen molar-refractivity contribution in [2.45, 2.75) is 20.3 Å². The van der Waals surface area contributed by atoms with E-state index in [1.54, 1.807) is 14.7 Å². The average molecular weight is 358 g/mol. The lowest BCUT2D eigenvalue weighted by molar-refractivity contribution is -0.137. The zero-order chi connectivity index (χ0) is 18.7. The van der Waals surface area contributed by atoms with Gasteiger partial charge in [-0.1, -0.05) is 17.7 Å². The molecule has 2 aliphatic heterocycles. The van der Waals surface area contributed by atoms with E-state index in [9.17, 15) is 14.4 Å². The van der Waals surface area contributed by atoms with Crippen LogP contribution < -0.4 is 10.2 Å². The maximum absolute atomic E-state index is 12.8. The Morgan fingerprint density at radius 2 is 1.69 bits per heavy atom. The molecule has 1 atom stereocenters. The van der Waals surface area contributed by atoms with Crippen LogP contribution in [-0.4, -0.2) is 66.9 Å². The minimum absolute atomic E-state index is 0.00633. The number of amides is 4. The molecule has 0 bridgehead atoms. The van der Waals surface area contributed by atoms with E-state index < -0.39 is 0 Å². The lowest BCUT2D eigenvalue weighted by Gasteiger charge is -2.35. The molecule has 1 unspecified atom stereocenters. The molecule has 1 aromatic carbocycles. The topological polar surface area (TPSA) is 73.0 Å². The van der Waals surface area contributed by atoms with Crippen LogP contribution in [0.15, 0.2) is 24.3 Å². The molecule has 2 aliphatic rings. The van der Waals surface area contributed by atoms with Crippen LogP contribution in [0, 0.1) is 12.8 Å². The number of hydrogen-bond acceptors (Lipinski definition) is 3. The Hall–Kier alpha value is -2.57. The van der Waals surface area contributed by atoms with Gasteiger partial charge in [0.05, 0.1) is 5.92 Å². The Bertz CT molecular complexity index is 681. The highest BCUT2D eigenvalue weighted by Crippen LogP contribution is 2.27. The van der Waals surface area contributed by atoms with Crippen LogP contribution in [0.5, 0.6) is 0 Å². The van der Waals surface area contributed by atoms with Gasteiger partial charge in [0.15, 0.2) is 0 Å². The van der Waals surface area contributed by atoms with Crippen molar-refractivity contribution in [1.29, 1.82) is 0 Å². The van der Waals surface area contributed by atoms with Gasteiger partial charge in [-0.25, -0.2) is 4.79 Å². The lowest BCUT2D eigenvalue weighted by atomic mass is 10.1. The first kappa shape index (κ1) is 18.2. The predicted octanol–water partition coefficient (Wildman–Crippen LogP) is 1.22. The fourth-order valence-electron chi connectivity index (χ4n) is 3.50. The zero-order valence-electron chi connectivity index (χ0n) is 15.4. The SMILES string of the molecule is CCNC(=O)N1CCN(C(=O)C2CC(=O)N(c3ccc(C)cc3)C2)CC1. The van der Waals surface area contributed by atoms with Gasteiger partial charge in [0, 0.05) is 51.4 Å². The van der Waals surface area contributed by atoms with Gasteiger partial charge >= 0.3 is 6.03 Å². The summed E-state index contributed by atoms with van der Waals surface area (Å²) >= 11 is 0. The zero-order valence-corrected chi connectivity index (χ0v) is 15.4. The van der Waals surface area contributed by atoms with Gasteiger partial charge in [-0.15, -0.1) is 0 Å². The van der Waals surface area contributed by atoms with Crippen LogP contribution in [0.3, 0.4) is 0 Å². The number of carbonyl (C=O) groups excluding carboxylic acids is 3. The molecule has 0 saturated carbocycles. The van der Waals surface area contributed by atoms with Crippen molar-refractivity contribution < 1.29 is 14.4 Å². The van der Waals surface area contributed by atoms with Gasteiger partial charge in [0.1, 0.15) is 0 Å². The Labute approximate surface area is 153 Å². The lowest BCUT2D eigenvalue weighted by Crippen LogP contribution is -2.54. The molecule has 0 aromatic heterocycles. The first-order chi connectivity index (χ1) is 12.5. The van der Waals surface area contributed by atoms with E-state index in [1.807, 2.05) is 38.1 Å². The second-order valence-electron chi connectivity index (χ2n) is 6.89.